The van der Waals surface area contributed by atoms with Crippen molar-refractivity contribution in [1.82, 2.24) is 9.80 Å². The number of aliphatic hydroxyl groups is 1. The number of likely N-dealkylation sites (tertiary alicyclic amines) is 2. The molecule has 0 saturated carbocycles. The van der Waals surface area contributed by atoms with E-state index in [1.54, 1.807) is 21.9 Å². The Bertz CT molecular complexity index is 1340. The Morgan fingerprint density at radius 1 is 0.808 bits per heavy atom. The van der Waals surface area contributed by atoms with Crippen LogP contribution in [0.2, 0.25) is 10.0 Å². The van der Waals surface area contributed by atoms with Crippen LogP contribution in [0.5, 0.6) is 0 Å². The highest BCUT2D eigenvalue weighted by Gasteiger charge is 2.34. The number of hydrogen-bond donors (Lipinski definition) is 3. The maximum Gasteiger partial charge on any atom is 0.410 e. The Hall–Kier alpha value is -2.02. The van der Waals surface area contributed by atoms with Gasteiger partial charge in [0.2, 0.25) is 0 Å². The minimum Gasteiger partial charge on any atom is -0.444 e. The normalized spacial score (nSPS) is 18.7. The fourth-order valence-electron chi connectivity index (χ4n) is 5.86. The van der Waals surface area contributed by atoms with Gasteiger partial charge in [0.1, 0.15) is 11.2 Å². The molecule has 4 atom stereocenters. The summed E-state index contributed by atoms with van der Waals surface area (Å²) in [6, 6.07) is 15.0. The second-order valence-corrected chi connectivity index (χ2v) is 16.0. The number of piperidine rings is 2. The smallest absolute Gasteiger partial charge is 0.410 e. The predicted octanol–water partition coefficient (Wildman–Crippen LogP) is 8.63. The monoisotopic (exact) mass is 808 g/mol. The van der Waals surface area contributed by atoms with E-state index in [4.69, 9.17) is 60.5 Å². The number of amides is 2. The molecule has 10 nitrogen and oxygen atoms in total. The van der Waals surface area contributed by atoms with Gasteiger partial charge in [-0.25, -0.2) is 9.59 Å². The first-order chi connectivity index (χ1) is 24.0. The van der Waals surface area contributed by atoms with Crippen molar-refractivity contribution in [3.8, 4) is 0 Å². The summed E-state index contributed by atoms with van der Waals surface area (Å²) in [5.41, 5.74) is 11.3. The molecule has 296 valence electrons. The van der Waals surface area contributed by atoms with Gasteiger partial charge >= 0.3 is 12.2 Å². The molecule has 2 heterocycles. The van der Waals surface area contributed by atoms with Crippen molar-refractivity contribution in [1.29, 1.82) is 0 Å². The molecule has 2 saturated heterocycles. The highest BCUT2D eigenvalue weighted by molar-refractivity contribution is 6.30. The maximum absolute atomic E-state index is 12.4. The van der Waals surface area contributed by atoms with Gasteiger partial charge in [-0.05, 0) is 103 Å². The van der Waals surface area contributed by atoms with E-state index in [2.05, 4.69) is 0 Å². The number of nitrogens with zero attached hydrogens (tertiary/aromatic N) is 2. The first kappa shape index (κ1) is 48.0. The van der Waals surface area contributed by atoms with E-state index in [1.165, 1.54) is 0 Å². The largest absolute Gasteiger partial charge is 0.444 e. The Morgan fingerprint density at radius 3 is 1.69 bits per heavy atom. The fraction of sp³-hybridized carbons (Fsp3) is 0.632. The van der Waals surface area contributed by atoms with Crippen molar-refractivity contribution in [2.24, 2.45) is 23.3 Å². The van der Waals surface area contributed by atoms with E-state index in [0.29, 0.717) is 61.8 Å². The summed E-state index contributed by atoms with van der Waals surface area (Å²) in [5.74, 6) is 0.756. The van der Waals surface area contributed by atoms with Crippen molar-refractivity contribution in [2.45, 2.75) is 90.6 Å². The van der Waals surface area contributed by atoms with Crippen molar-refractivity contribution in [2.75, 3.05) is 51.8 Å². The molecule has 0 spiro atoms. The average molecular weight is 811 g/mol. The summed E-state index contributed by atoms with van der Waals surface area (Å²) in [4.78, 5) is 28.1. The van der Waals surface area contributed by atoms with Gasteiger partial charge in [0.25, 0.3) is 0 Å². The second-order valence-electron chi connectivity index (χ2n) is 14.8. The van der Waals surface area contributed by atoms with Crippen molar-refractivity contribution >= 4 is 59.4 Å². The summed E-state index contributed by atoms with van der Waals surface area (Å²) in [7, 11) is 0. The third kappa shape index (κ3) is 17.9. The number of hydrogen-bond acceptors (Lipinski definition) is 8. The van der Waals surface area contributed by atoms with Crippen LogP contribution >= 0.6 is 47.2 Å². The molecule has 2 aliphatic rings. The molecule has 0 bridgehead atoms. The number of carbonyl (C=O) groups excluding carboxylic acids is 2. The molecule has 2 amide bonds. The summed E-state index contributed by atoms with van der Waals surface area (Å²) < 4.78 is 17.0. The zero-order valence-corrected chi connectivity index (χ0v) is 34.6. The van der Waals surface area contributed by atoms with Gasteiger partial charge in [-0.15, -0.1) is 24.0 Å². The molecule has 4 rings (SSSR count). The van der Waals surface area contributed by atoms with Gasteiger partial charge in [-0.2, -0.15) is 0 Å². The number of benzene rings is 2. The van der Waals surface area contributed by atoms with Gasteiger partial charge in [0.05, 0.1) is 18.8 Å². The SMILES string of the molecule is CC(C)(C)OC(=O)N1CCC[C@@H]([C@@H](O)c2cccc(Cl)c2)C1.CC(C)(C)OC(=O)N1CCC[C@@H]([C@@H](OCCN)c2cccc(Cl)c2)C1.Cl.NCCCl. The number of ether oxygens (including phenoxy) is 3. The standard InChI is InChI=1S/C19H29ClN2O3.C17H24ClNO3.C2H6ClN.ClH/c1-19(2,3)25-18(23)22-10-5-7-15(13-22)17(24-11-9-21)14-6-4-8-16(20)12-14;1-17(2,3)22-16(21)19-9-5-7-13(11-19)15(20)12-6-4-8-14(18)10-12;3-1-2-4;/h4,6,8,12,15,17H,5,7,9-11,13,21H2,1-3H3;4,6,8,10,13,15,20H,5,7,9,11H2,1-3H3;1-2,4H2;1H/t15-,17+;13-,15+;;/m11../s1. The molecule has 14 heteroatoms. The summed E-state index contributed by atoms with van der Waals surface area (Å²) in [5, 5.41) is 11.9. The quantitative estimate of drug-likeness (QED) is 0.225. The van der Waals surface area contributed by atoms with Crippen molar-refractivity contribution in [3.05, 3.63) is 69.7 Å². The predicted molar refractivity (Wildman–Crippen MR) is 214 cm³/mol. The van der Waals surface area contributed by atoms with Crippen LogP contribution in [-0.2, 0) is 14.2 Å². The molecule has 0 aliphatic carbocycles. The van der Waals surface area contributed by atoms with E-state index in [1.807, 2.05) is 77.9 Å². The highest BCUT2D eigenvalue weighted by Crippen LogP contribution is 2.35. The molecule has 0 aromatic heterocycles. The molecular formula is C38H60Cl4N4O6. The zero-order chi connectivity index (χ0) is 38.2. The molecule has 2 fully saturated rings. The fourth-order valence-corrected chi connectivity index (χ4v) is 6.25. The number of halogens is 4. The molecule has 2 aromatic carbocycles. The third-order valence-corrected chi connectivity index (χ3v) is 8.67. The van der Waals surface area contributed by atoms with E-state index >= 15 is 0 Å². The number of carbonyl (C=O) groups is 2. The zero-order valence-electron chi connectivity index (χ0n) is 31.5. The number of alkyl halides is 1. The first-order valence-corrected chi connectivity index (χ1v) is 19.0. The van der Waals surface area contributed by atoms with Crippen LogP contribution in [0.25, 0.3) is 0 Å². The Morgan fingerprint density at radius 2 is 1.25 bits per heavy atom. The van der Waals surface area contributed by atoms with Crippen molar-refractivity contribution < 1.29 is 28.9 Å². The van der Waals surface area contributed by atoms with E-state index in [9.17, 15) is 14.7 Å². The van der Waals surface area contributed by atoms with E-state index in [0.717, 1.165) is 36.8 Å². The van der Waals surface area contributed by atoms with Gasteiger partial charge < -0.3 is 40.6 Å². The van der Waals surface area contributed by atoms with Crippen LogP contribution in [0.4, 0.5) is 9.59 Å². The highest BCUT2D eigenvalue weighted by atomic mass is 35.5. The number of aliphatic hydroxyl groups excluding tert-OH is 1. The topological polar surface area (TPSA) is 141 Å². The molecule has 52 heavy (non-hydrogen) atoms. The lowest BCUT2D eigenvalue weighted by molar-refractivity contribution is -0.0233. The van der Waals surface area contributed by atoms with Crippen LogP contribution in [0, 0.1) is 11.8 Å². The van der Waals surface area contributed by atoms with Crippen LogP contribution < -0.4 is 11.5 Å². The summed E-state index contributed by atoms with van der Waals surface area (Å²) >= 11 is 17.2. The van der Waals surface area contributed by atoms with Crippen LogP contribution in [-0.4, -0.2) is 90.1 Å². The molecule has 0 radical (unpaired) electrons. The lowest BCUT2D eigenvalue weighted by Gasteiger charge is -2.37. The lowest BCUT2D eigenvalue weighted by atomic mass is 9.88. The third-order valence-electron chi connectivity index (χ3n) is 7.99. The van der Waals surface area contributed by atoms with E-state index in [-0.39, 0.29) is 42.5 Å². The maximum atomic E-state index is 12.4. The van der Waals surface area contributed by atoms with Crippen LogP contribution in [0.3, 0.4) is 0 Å². The molecular weight excluding hydrogens is 750 g/mol. The first-order valence-electron chi connectivity index (χ1n) is 17.7. The van der Waals surface area contributed by atoms with Gasteiger partial charge in [0, 0.05) is 67.0 Å². The number of rotatable bonds is 8. The molecule has 2 aliphatic heterocycles. The van der Waals surface area contributed by atoms with E-state index < -0.39 is 17.3 Å². The Labute approximate surface area is 332 Å². The summed E-state index contributed by atoms with van der Waals surface area (Å²) in [6.07, 6.45) is 2.33. The van der Waals surface area contributed by atoms with Gasteiger partial charge in [-0.3, -0.25) is 0 Å². The lowest BCUT2D eigenvalue weighted by Crippen LogP contribution is -2.44. The Kier molecular flexibility index (Phi) is 21.9. The average Bonchev–Trinajstić information content (AvgIpc) is 3.07. The second kappa shape index (κ2) is 23.7. The minimum absolute atomic E-state index is 0. The minimum atomic E-state index is -0.621. The molecule has 5 N–H and O–H groups in total. The molecule has 2 aromatic rings. The van der Waals surface area contributed by atoms with Gasteiger partial charge in [-0.1, -0.05) is 47.5 Å². The van der Waals surface area contributed by atoms with Crippen molar-refractivity contribution in [3.63, 3.8) is 0 Å². The van der Waals surface area contributed by atoms with Gasteiger partial charge in [0.15, 0.2) is 0 Å². The van der Waals surface area contributed by atoms with Crippen LogP contribution in [0.15, 0.2) is 48.5 Å². The number of nitrogens with two attached hydrogens (primary N) is 2. The summed E-state index contributed by atoms with van der Waals surface area (Å²) in [6.45, 7) is 15.2. The van der Waals surface area contributed by atoms with Crippen LogP contribution in [0.1, 0.15) is 90.6 Å². The Balaban J connectivity index is 0.000000466. The molecule has 0 unspecified atom stereocenters.